The van der Waals surface area contributed by atoms with E-state index in [1.54, 1.807) is 0 Å². The van der Waals surface area contributed by atoms with Gasteiger partial charge >= 0.3 is 0 Å². The van der Waals surface area contributed by atoms with Gasteiger partial charge < -0.3 is 4.42 Å². The van der Waals surface area contributed by atoms with Crippen LogP contribution in [0.3, 0.4) is 0 Å². The predicted octanol–water partition coefficient (Wildman–Crippen LogP) is 13.3. The van der Waals surface area contributed by atoms with Crippen molar-refractivity contribution in [3.63, 3.8) is 0 Å². The Bertz CT molecular complexity index is 2740. The number of para-hydroxylation sites is 1. The fourth-order valence-electron chi connectivity index (χ4n) is 7.46. The van der Waals surface area contributed by atoms with Crippen LogP contribution in [0.1, 0.15) is 0 Å². The van der Waals surface area contributed by atoms with Crippen LogP contribution < -0.4 is 0 Å². The van der Waals surface area contributed by atoms with Gasteiger partial charge in [-0.3, -0.25) is 0 Å². The van der Waals surface area contributed by atoms with Gasteiger partial charge in [-0.2, -0.15) is 0 Å². The molecule has 0 saturated heterocycles. The summed E-state index contributed by atoms with van der Waals surface area (Å²) in [5.74, 6) is 0. The Hall–Kier alpha value is -5.70. The summed E-state index contributed by atoms with van der Waals surface area (Å²) in [6, 6.07) is 57.2. The molecule has 214 valence electrons. The van der Waals surface area contributed by atoms with Crippen LogP contribution in [-0.2, 0) is 0 Å². The van der Waals surface area contributed by atoms with E-state index >= 15 is 0 Å². The van der Waals surface area contributed by atoms with Crippen LogP contribution in [0.4, 0.5) is 0 Å². The normalized spacial score (nSPS) is 11.9. The molecule has 0 saturated carbocycles. The van der Waals surface area contributed by atoms with E-state index in [0.717, 1.165) is 21.9 Å². The molecule has 0 fully saturated rings. The van der Waals surface area contributed by atoms with E-state index in [1.807, 2.05) is 11.3 Å². The van der Waals surface area contributed by atoms with Gasteiger partial charge in [0.1, 0.15) is 11.2 Å². The first-order valence-electron chi connectivity index (χ1n) is 15.7. The molecule has 1 nitrogen and oxygen atoms in total. The summed E-state index contributed by atoms with van der Waals surface area (Å²) >= 11 is 1.86. The second-order valence-corrected chi connectivity index (χ2v) is 13.0. The highest BCUT2D eigenvalue weighted by Gasteiger charge is 2.23. The van der Waals surface area contributed by atoms with Gasteiger partial charge in [-0.25, -0.2) is 0 Å². The minimum atomic E-state index is 0.921. The van der Waals surface area contributed by atoms with Crippen molar-refractivity contribution in [1.82, 2.24) is 0 Å². The zero-order chi connectivity index (χ0) is 30.2. The van der Waals surface area contributed by atoms with Crippen LogP contribution >= 0.6 is 11.3 Å². The van der Waals surface area contributed by atoms with E-state index < -0.39 is 0 Å². The van der Waals surface area contributed by atoms with E-state index in [1.165, 1.54) is 75.1 Å². The van der Waals surface area contributed by atoms with Crippen molar-refractivity contribution in [3.8, 4) is 32.7 Å². The number of thiophene rings is 1. The van der Waals surface area contributed by atoms with Crippen molar-refractivity contribution in [2.75, 3.05) is 0 Å². The zero-order valence-corrected chi connectivity index (χ0v) is 25.6. The molecule has 0 aliphatic carbocycles. The molecule has 10 rings (SSSR count). The Morgan fingerprint density at radius 3 is 1.67 bits per heavy atom. The maximum atomic E-state index is 6.61. The Morgan fingerprint density at radius 1 is 0.391 bits per heavy atom. The summed E-state index contributed by atoms with van der Waals surface area (Å²) in [5.41, 5.74) is 8.17. The number of rotatable bonds is 3. The third-order valence-electron chi connectivity index (χ3n) is 9.46. The van der Waals surface area contributed by atoms with Crippen molar-refractivity contribution < 1.29 is 4.42 Å². The number of furan rings is 1. The van der Waals surface area contributed by atoms with Gasteiger partial charge in [0.15, 0.2) is 0 Å². The molecular weight excluding hydrogens is 577 g/mol. The molecule has 0 unspecified atom stereocenters. The van der Waals surface area contributed by atoms with Crippen LogP contribution in [0.5, 0.6) is 0 Å². The van der Waals surface area contributed by atoms with Crippen molar-refractivity contribution in [2.45, 2.75) is 0 Å². The van der Waals surface area contributed by atoms with Gasteiger partial charge in [-0.15, -0.1) is 11.3 Å². The molecule has 2 heteroatoms. The van der Waals surface area contributed by atoms with Gasteiger partial charge in [0.2, 0.25) is 0 Å². The average molecular weight is 603 g/mol. The van der Waals surface area contributed by atoms with Crippen LogP contribution in [-0.4, -0.2) is 0 Å². The van der Waals surface area contributed by atoms with E-state index in [0.29, 0.717) is 0 Å². The first-order chi connectivity index (χ1) is 22.8. The molecule has 10 aromatic rings. The van der Waals surface area contributed by atoms with Crippen molar-refractivity contribution >= 4 is 75.7 Å². The molecule has 0 spiro atoms. The Labute approximate surface area is 269 Å². The Balaban J connectivity index is 1.39. The lowest BCUT2D eigenvalue weighted by Crippen LogP contribution is -1.92. The Morgan fingerprint density at radius 2 is 0.957 bits per heavy atom. The quantitative estimate of drug-likeness (QED) is 0.183. The van der Waals surface area contributed by atoms with Crippen LogP contribution in [0.25, 0.3) is 97.0 Å². The first-order valence-corrected chi connectivity index (χ1v) is 16.5. The molecule has 46 heavy (non-hydrogen) atoms. The minimum Gasteiger partial charge on any atom is -0.455 e. The predicted molar refractivity (Wildman–Crippen MR) is 198 cm³/mol. The highest BCUT2D eigenvalue weighted by Crippen LogP contribution is 2.51. The standard InChI is InChI=1S/C44H26OS/c1-2-14-28(15-3-1)40-26-38-43-36(30-18-10-11-24-39(30)45-43)25-37(44(38)46-40)42-34-21-8-6-19-32(34)41(33-20-7-9-22-35(33)42)31-23-12-16-27-13-4-5-17-29(27)31/h1-26H. The monoisotopic (exact) mass is 602 g/mol. The largest absolute Gasteiger partial charge is 0.455 e. The lowest BCUT2D eigenvalue weighted by molar-refractivity contribution is 0.673. The molecule has 2 heterocycles. The molecule has 0 aliphatic heterocycles. The summed E-state index contributed by atoms with van der Waals surface area (Å²) in [5, 5.41) is 11.0. The number of hydrogen-bond donors (Lipinski definition) is 0. The van der Waals surface area contributed by atoms with Gasteiger partial charge in [-0.1, -0.05) is 140 Å². The van der Waals surface area contributed by atoms with Crippen LogP contribution in [0.2, 0.25) is 0 Å². The molecule has 0 radical (unpaired) electrons. The summed E-state index contributed by atoms with van der Waals surface area (Å²) in [7, 11) is 0. The maximum Gasteiger partial charge on any atom is 0.144 e. The summed E-state index contributed by atoms with van der Waals surface area (Å²) in [6.07, 6.45) is 0. The topological polar surface area (TPSA) is 13.1 Å². The SMILES string of the molecule is c1ccc(-c2cc3c(s2)c(-c2c4ccccc4c(-c4cccc5ccccc45)c4ccccc24)cc2c4ccccc4oc32)cc1. The summed E-state index contributed by atoms with van der Waals surface area (Å²) in [6.45, 7) is 0. The molecule has 0 amide bonds. The molecule has 8 aromatic carbocycles. The van der Waals surface area contributed by atoms with E-state index in [4.69, 9.17) is 4.42 Å². The van der Waals surface area contributed by atoms with E-state index in [-0.39, 0.29) is 0 Å². The van der Waals surface area contributed by atoms with E-state index in [9.17, 15) is 0 Å². The molecule has 0 atom stereocenters. The van der Waals surface area contributed by atoms with Crippen LogP contribution in [0.15, 0.2) is 162 Å². The van der Waals surface area contributed by atoms with Crippen molar-refractivity contribution in [2.24, 2.45) is 0 Å². The van der Waals surface area contributed by atoms with Gasteiger partial charge in [0.25, 0.3) is 0 Å². The fraction of sp³-hybridized carbons (Fsp3) is 0. The number of fused-ring (bicyclic) bond motifs is 8. The summed E-state index contributed by atoms with van der Waals surface area (Å²) < 4.78 is 7.85. The molecule has 0 bridgehead atoms. The number of benzene rings is 8. The maximum absolute atomic E-state index is 6.61. The minimum absolute atomic E-state index is 0.921. The average Bonchev–Trinajstić information content (AvgIpc) is 3.73. The molecule has 0 N–H and O–H groups in total. The second-order valence-electron chi connectivity index (χ2n) is 12.0. The Kier molecular flexibility index (Phi) is 5.51. The molecule has 2 aromatic heterocycles. The second kappa shape index (κ2) is 9.90. The third kappa shape index (κ3) is 3.68. The van der Waals surface area contributed by atoms with Crippen molar-refractivity contribution in [3.05, 3.63) is 158 Å². The smallest absolute Gasteiger partial charge is 0.144 e. The zero-order valence-electron chi connectivity index (χ0n) is 24.8. The van der Waals surface area contributed by atoms with E-state index in [2.05, 4.69) is 158 Å². The number of hydrogen-bond acceptors (Lipinski definition) is 2. The lowest BCUT2D eigenvalue weighted by atomic mass is 9.84. The highest BCUT2D eigenvalue weighted by molar-refractivity contribution is 7.23. The van der Waals surface area contributed by atoms with Crippen LogP contribution in [0, 0.1) is 0 Å². The van der Waals surface area contributed by atoms with Gasteiger partial charge in [0.05, 0.1) is 0 Å². The fourth-order valence-corrected chi connectivity index (χ4v) is 8.64. The first kappa shape index (κ1) is 25.6. The van der Waals surface area contributed by atoms with Gasteiger partial charge in [0, 0.05) is 31.3 Å². The molecular formula is C44H26OS. The summed E-state index contributed by atoms with van der Waals surface area (Å²) in [4.78, 5) is 1.24. The molecule has 0 aliphatic rings. The third-order valence-corrected chi connectivity index (χ3v) is 10.7. The van der Waals surface area contributed by atoms with Gasteiger partial charge in [-0.05, 0) is 72.8 Å². The highest BCUT2D eigenvalue weighted by atomic mass is 32.1. The van der Waals surface area contributed by atoms with Crippen molar-refractivity contribution in [1.29, 1.82) is 0 Å². The lowest BCUT2D eigenvalue weighted by Gasteiger charge is -2.19.